The van der Waals surface area contributed by atoms with Crippen molar-refractivity contribution in [3.63, 3.8) is 0 Å². The lowest BCUT2D eigenvalue weighted by Gasteiger charge is -2.18. The summed E-state index contributed by atoms with van der Waals surface area (Å²) >= 11 is 0. The number of anilines is 2. The summed E-state index contributed by atoms with van der Waals surface area (Å²) in [6, 6.07) is 0.241. The molecular formula is C14H24N4O. The van der Waals surface area contributed by atoms with Crippen molar-refractivity contribution in [2.75, 3.05) is 30.9 Å². The zero-order valence-corrected chi connectivity index (χ0v) is 12.3. The molecule has 1 aliphatic rings. The Hall–Kier alpha value is -1.36. The standard InChI is InChI=1S/C14H24N4O/c1-5-19-8-9(2)16-13-10(3)12(15-4)17-14(18-13)11-6-7-11/h9,11H,5-8H2,1-4H3,(H2,15,16,17,18). The van der Waals surface area contributed by atoms with Crippen LogP contribution < -0.4 is 10.6 Å². The van der Waals surface area contributed by atoms with E-state index in [1.54, 1.807) is 0 Å². The van der Waals surface area contributed by atoms with E-state index in [1.165, 1.54) is 12.8 Å². The lowest BCUT2D eigenvalue weighted by atomic mass is 10.2. The van der Waals surface area contributed by atoms with Crippen LogP contribution in [-0.4, -0.2) is 36.3 Å². The molecule has 0 aliphatic heterocycles. The molecule has 2 N–H and O–H groups in total. The van der Waals surface area contributed by atoms with Gasteiger partial charge in [0.2, 0.25) is 0 Å². The van der Waals surface area contributed by atoms with E-state index < -0.39 is 0 Å². The molecule has 1 heterocycles. The van der Waals surface area contributed by atoms with Crippen molar-refractivity contribution in [3.8, 4) is 0 Å². The number of rotatable bonds is 7. The largest absolute Gasteiger partial charge is 0.380 e. The Balaban J connectivity index is 2.15. The highest BCUT2D eigenvalue weighted by atomic mass is 16.5. The number of ether oxygens (including phenoxy) is 1. The van der Waals surface area contributed by atoms with E-state index >= 15 is 0 Å². The van der Waals surface area contributed by atoms with Gasteiger partial charge in [0.1, 0.15) is 17.5 Å². The van der Waals surface area contributed by atoms with E-state index in [0.29, 0.717) is 12.5 Å². The number of nitrogens with zero attached hydrogens (tertiary/aromatic N) is 2. The highest BCUT2D eigenvalue weighted by Crippen LogP contribution is 2.39. The van der Waals surface area contributed by atoms with Gasteiger partial charge in [-0.05, 0) is 33.6 Å². The van der Waals surface area contributed by atoms with Gasteiger partial charge in [0, 0.05) is 31.2 Å². The Morgan fingerprint density at radius 1 is 1.32 bits per heavy atom. The van der Waals surface area contributed by atoms with Gasteiger partial charge in [-0.1, -0.05) is 0 Å². The van der Waals surface area contributed by atoms with Crippen LogP contribution >= 0.6 is 0 Å². The summed E-state index contributed by atoms with van der Waals surface area (Å²) in [7, 11) is 1.90. The predicted molar refractivity (Wildman–Crippen MR) is 77.9 cm³/mol. The molecule has 0 spiro atoms. The summed E-state index contributed by atoms with van der Waals surface area (Å²) in [4.78, 5) is 9.26. The van der Waals surface area contributed by atoms with E-state index in [1.807, 2.05) is 20.9 Å². The van der Waals surface area contributed by atoms with Gasteiger partial charge in [0.05, 0.1) is 6.61 Å². The minimum atomic E-state index is 0.241. The van der Waals surface area contributed by atoms with Crippen molar-refractivity contribution < 1.29 is 4.74 Å². The highest BCUT2D eigenvalue weighted by Gasteiger charge is 2.28. The van der Waals surface area contributed by atoms with Crippen molar-refractivity contribution in [1.29, 1.82) is 0 Å². The van der Waals surface area contributed by atoms with Crippen LogP contribution in [0.4, 0.5) is 11.6 Å². The first-order valence-corrected chi connectivity index (χ1v) is 7.06. The van der Waals surface area contributed by atoms with Crippen LogP contribution in [0.15, 0.2) is 0 Å². The smallest absolute Gasteiger partial charge is 0.136 e. The monoisotopic (exact) mass is 264 g/mol. The van der Waals surface area contributed by atoms with Gasteiger partial charge in [-0.2, -0.15) is 0 Å². The molecule has 1 aliphatic carbocycles. The summed E-state index contributed by atoms with van der Waals surface area (Å²) in [5, 5.41) is 6.58. The number of aromatic nitrogens is 2. The average molecular weight is 264 g/mol. The van der Waals surface area contributed by atoms with Crippen LogP contribution in [0, 0.1) is 6.92 Å². The van der Waals surface area contributed by atoms with Crippen molar-refractivity contribution >= 4 is 11.6 Å². The summed E-state index contributed by atoms with van der Waals surface area (Å²) in [5.74, 6) is 3.35. The second-order valence-electron chi connectivity index (χ2n) is 5.13. The van der Waals surface area contributed by atoms with Gasteiger partial charge < -0.3 is 15.4 Å². The third-order valence-corrected chi connectivity index (χ3v) is 3.30. The molecule has 2 rings (SSSR count). The fraction of sp³-hybridized carbons (Fsp3) is 0.714. The molecule has 19 heavy (non-hydrogen) atoms. The van der Waals surface area contributed by atoms with Crippen LogP contribution in [0.1, 0.15) is 44.0 Å². The first-order chi connectivity index (χ1) is 9.15. The maximum absolute atomic E-state index is 5.43. The van der Waals surface area contributed by atoms with E-state index in [2.05, 4.69) is 27.5 Å². The average Bonchev–Trinajstić information content (AvgIpc) is 3.23. The molecule has 0 amide bonds. The van der Waals surface area contributed by atoms with Gasteiger partial charge in [-0.3, -0.25) is 0 Å². The molecule has 106 valence electrons. The molecule has 0 bridgehead atoms. The molecule has 0 radical (unpaired) electrons. The number of hydrogen-bond donors (Lipinski definition) is 2. The molecule has 1 saturated carbocycles. The molecule has 0 aromatic carbocycles. The molecule has 1 atom stereocenters. The van der Waals surface area contributed by atoms with E-state index in [-0.39, 0.29) is 6.04 Å². The fourth-order valence-electron chi connectivity index (χ4n) is 2.01. The van der Waals surface area contributed by atoms with E-state index in [9.17, 15) is 0 Å². The zero-order chi connectivity index (χ0) is 13.8. The first kappa shape index (κ1) is 14.1. The molecule has 0 saturated heterocycles. The lowest BCUT2D eigenvalue weighted by molar-refractivity contribution is 0.141. The topological polar surface area (TPSA) is 59.1 Å². The van der Waals surface area contributed by atoms with Gasteiger partial charge in [0.25, 0.3) is 0 Å². The molecule has 1 aromatic rings. The van der Waals surface area contributed by atoms with Crippen molar-refractivity contribution in [1.82, 2.24) is 9.97 Å². The number of nitrogens with one attached hydrogen (secondary N) is 2. The maximum Gasteiger partial charge on any atom is 0.136 e. The Labute approximate surface area is 115 Å². The second-order valence-corrected chi connectivity index (χ2v) is 5.13. The third-order valence-electron chi connectivity index (χ3n) is 3.30. The Morgan fingerprint density at radius 2 is 2.00 bits per heavy atom. The van der Waals surface area contributed by atoms with E-state index in [4.69, 9.17) is 4.74 Å². The first-order valence-electron chi connectivity index (χ1n) is 7.06. The van der Waals surface area contributed by atoms with Crippen molar-refractivity contribution in [2.45, 2.75) is 45.6 Å². The van der Waals surface area contributed by atoms with Crippen molar-refractivity contribution in [3.05, 3.63) is 11.4 Å². The fourth-order valence-corrected chi connectivity index (χ4v) is 2.01. The molecular weight excluding hydrogens is 240 g/mol. The Bertz CT molecular complexity index is 432. The van der Waals surface area contributed by atoms with Crippen LogP contribution in [0.3, 0.4) is 0 Å². The molecule has 1 unspecified atom stereocenters. The normalized spacial score (nSPS) is 16.2. The van der Waals surface area contributed by atoms with Crippen LogP contribution in [-0.2, 0) is 4.74 Å². The quantitative estimate of drug-likeness (QED) is 0.792. The van der Waals surface area contributed by atoms with E-state index in [0.717, 1.165) is 29.6 Å². The van der Waals surface area contributed by atoms with Crippen molar-refractivity contribution in [2.24, 2.45) is 0 Å². The summed E-state index contributed by atoms with van der Waals surface area (Å²) < 4.78 is 5.43. The predicted octanol–water partition coefficient (Wildman–Crippen LogP) is 2.54. The third kappa shape index (κ3) is 3.56. The molecule has 5 heteroatoms. The highest BCUT2D eigenvalue weighted by molar-refractivity contribution is 5.57. The van der Waals surface area contributed by atoms with Gasteiger partial charge in [-0.15, -0.1) is 0 Å². The second kappa shape index (κ2) is 6.19. The Morgan fingerprint density at radius 3 is 2.58 bits per heavy atom. The maximum atomic E-state index is 5.43. The van der Waals surface area contributed by atoms with Gasteiger partial charge in [0.15, 0.2) is 0 Å². The zero-order valence-electron chi connectivity index (χ0n) is 12.3. The molecule has 1 aromatic heterocycles. The molecule has 1 fully saturated rings. The van der Waals surface area contributed by atoms with Crippen LogP contribution in [0.2, 0.25) is 0 Å². The van der Waals surface area contributed by atoms with Crippen LogP contribution in [0.25, 0.3) is 0 Å². The minimum Gasteiger partial charge on any atom is -0.380 e. The minimum absolute atomic E-state index is 0.241. The number of hydrogen-bond acceptors (Lipinski definition) is 5. The summed E-state index contributed by atoms with van der Waals surface area (Å²) in [6.07, 6.45) is 2.42. The molecule has 5 nitrogen and oxygen atoms in total. The van der Waals surface area contributed by atoms with Crippen LogP contribution in [0.5, 0.6) is 0 Å². The lowest BCUT2D eigenvalue weighted by Crippen LogP contribution is -2.23. The SMILES string of the molecule is CCOCC(C)Nc1nc(C2CC2)nc(NC)c1C. The Kier molecular flexibility index (Phi) is 4.58. The van der Waals surface area contributed by atoms with Gasteiger partial charge >= 0.3 is 0 Å². The van der Waals surface area contributed by atoms with Gasteiger partial charge in [-0.25, -0.2) is 9.97 Å². The summed E-state index contributed by atoms with van der Waals surface area (Å²) in [5.41, 5.74) is 1.07. The summed E-state index contributed by atoms with van der Waals surface area (Å²) in [6.45, 7) is 7.58.